The minimum atomic E-state index is 0.989. The highest BCUT2D eigenvalue weighted by molar-refractivity contribution is 7.36. The molecule has 0 bridgehead atoms. The number of fused-ring (bicyclic) bond motifs is 8. The van der Waals surface area contributed by atoms with E-state index in [9.17, 15) is 0 Å². The molecule has 7 aromatic carbocycles. The van der Waals surface area contributed by atoms with Crippen LogP contribution in [0.4, 0.5) is 0 Å². The van der Waals surface area contributed by atoms with E-state index in [2.05, 4.69) is 146 Å². The van der Waals surface area contributed by atoms with Gasteiger partial charge in [0.2, 0.25) is 0 Å². The summed E-state index contributed by atoms with van der Waals surface area (Å²) in [5.41, 5.74) is 6.90. The maximum absolute atomic E-state index is 4.91. The summed E-state index contributed by atoms with van der Waals surface area (Å²) in [5, 5.41) is 10.4. The van der Waals surface area contributed by atoms with Crippen LogP contribution >= 0.6 is 22.7 Å². The van der Waals surface area contributed by atoms with Crippen LogP contribution in [0.1, 0.15) is 0 Å². The van der Waals surface area contributed by atoms with Crippen molar-refractivity contribution in [2.75, 3.05) is 0 Å². The van der Waals surface area contributed by atoms with Gasteiger partial charge in [-0.25, -0.2) is 0 Å². The quantitative estimate of drug-likeness (QED) is 0.192. The van der Waals surface area contributed by atoms with Crippen molar-refractivity contribution < 1.29 is 0 Å². The maximum atomic E-state index is 4.91. The lowest BCUT2D eigenvalue weighted by atomic mass is 9.96. The highest BCUT2D eigenvalue weighted by Gasteiger charge is 2.14. The fourth-order valence-electron chi connectivity index (χ4n) is 6.90. The summed E-state index contributed by atoms with van der Waals surface area (Å²) in [5.74, 6) is 0. The fourth-order valence-corrected chi connectivity index (χ4v) is 9.60. The van der Waals surface area contributed by atoms with E-state index in [-0.39, 0.29) is 0 Å². The van der Waals surface area contributed by atoms with Crippen molar-refractivity contribution in [3.8, 4) is 33.5 Å². The summed E-state index contributed by atoms with van der Waals surface area (Å²) < 4.78 is 5.51. The number of benzene rings is 7. The molecule has 0 amide bonds. The Morgan fingerprint density at radius 1 is 0.370 bits per heavy atom. The first-order chi connectivity index (χ1) is 22.7. The maximum Gasteiger partial charge on any atom is 0.0702 e. The Bertz CT molecular complexity index is 2780. The predicted molar refractivity (Wildman–Crippen MR) is 201 cm³/mol. The average molecular weight is 620 g/mol. The first-order valence-electron chi connectivity index (χ1n) is 15.5. The third kappa shape index (κ3) is 4.10. The number of hydrogen-bond acceptors (Lipinski definition) is 3. The first-order valence-corrected chi connectivity index (χ1v) is 17.1. The van der Waals surface area contributed by atoms with E-state index in [4.69, 9.17) is 4.98 Å². The lowest BCUT2D eigenvalue weighted by molar-refractivity contribution is 1.33. The summed E-state index contributed by atoms with van der Waals surface area (Å²) in [7, 11) is 0. The van der Waals surface area contributed by atoms with Crippen molar-refractivity contribution in [2.45, 2.75) is 0 Å². The van der Waals surface area contributed by atoms with E-state index in [1.54, 1.807) is 0 Å². The zero-order valence-corrected chi connectivity index (χ0v) is 26.3. The van der Waals surface area contributed by atoms with Gasteiger partial charge in [0.1, 0.15) is 0 Å². The second-order valence-electron chi connectivity index (χ2n) is 12.0. The molecule has 0 aliphatic carbocycles. The molecule has 0 saturated carbocycles. The predicted octanol–water partition coefficient (Wildman–Crippen LogP) is 13.1. The average Bonchev–Trinajstić information content (AvgIpc) is 3.64. The summed E-state index contributed by atoms with van der Waals surface area (Å²) in [6, 6.07) is 53.1. The Labute approximate surface area is 273 Å². The molecule has 0 saturated heterocycles. The van der Waals surface area contributed by atoms with Gasteiger partial charge in [0.05, 0.1) is 15.1 Å². The standard InChI is InChI=1S/C43H25NS2/c1-2-8-30-23-40-37(21-29(30)7-1)42-43(45-40)38-22-31-16-17-32(20-34(31)24-41(38)46-42)39-19-18-33(25-44-39)26-12-14-28(15-13-26)36-11-5-9-27-6-3-4-10-35(27)36/h1-25H. The first kappa shape index (κ1) is 25.9. The van der Waals surface area contributed by atoms with Crippen molar-refractivity contribution in [1.82, 2.24) is 4.98 Å². The van der Waals surface area contributed by atoms with Crippen LogP contribution in [0.5, 0.6) is 0 Å². The van der Waals surface area contributed by atoms with Gasteiger partial charge in [-0.1, -0.05) is 109 Å². The Kier molecular flexibility index (Phi) is 5.68. The van der Waals surface area contributed by atoms with Crippen LogP contribution in [0.3, 0.4) is 0 Å². The minimum absolute atomic E-state index is 0.989. The van der Waals surface area contributed by atoms with Gasteiger partial charge in [-0.3, -0.25) is 4.98 Å². The second kappa shape index (κ2) is 10.1. The van der Waals surface area contributed by atoms with E-state index in [0.29, 0.717) is 0 Å². The summed E-state index contributed by atoms with van der Waals surface area (Å²) in [6.45, 7) is 0. The van der Waals surface area contributed by atoms with Crippen LogP contribution in [0, 0.1) is 0 Å². The van der Waals surface area contributed by atoms with Gasteiger partial charge in [0.25, 0.3) is 0 Å². The van der Waals surface area contributed by atoms with Crippen molar-refractivity contribution in [2.24, 2.45) is 0 Å². The smallest absolute Gasteiger partial charge is 0.0702 e. The van der Waals surface area contributed by atoms with E-state index in [1.807, 2.05) is 28.9 Å². The molecular formula is C43H25NS2. The molecule has 0 aliphatic rings. The minimum Gasteiger partial charge on any atom is -0.256 e. The van der Waals surface area contributed by atoms with Crippen LogP contribution in [0.2, 0.25) is 0 Å². The Balaban J connectivity index is 0.976. The van der Waals surface area contributed by atoms with E-state index >= 15 is 0 Å². The van der Waals surface area contributed by atoms with E-state index in [1.165, 1.54) is 78.6 Å². The van der Waals surface area contributed by atoms with E-state index < -0.39 is 0 Å². The van der Waals surface area contributed by atoms with Gasteiger partial charge in [-0.05, 0) is 85.4 Å². The van der Waals surface area contributed by atoms with Crippen LogP contribution in [0.25, 0.3) is 95.4 Å². The van der Waals surface area contributed by atoms with Gasteiger partial charge in [0.15, 0.2) is 0 Å². The SMILES string of the molecule is c1ccc2cc3c(cc2c1)sc1c2cc4ccc(-c5ccc(-c6ccc(-c7cccc8ccccc78)cc6)cn5)cc4cc2sc31. The second-order valence-corrected chi connectivity index (χ2v) is 14.1. The number of nitrogens with zero attached hydrogens (tertiary/aromatic N) is 1. The monoisotopic (exact) mass is 619 g/mol. The number of aromatic nitrogens is 1. The van der Waals surface area contributed by atoms with Gasteiger partial charge < -0.3 is 0 Å². The lowest BCUT2D eigenvalue weighted by Gasteiger charge is -2.09. The molecule has 46 heavy (non-hydrogen) atoms. The topological polar surface area (TPSA) is 12.9 Å². The van der Waals surface area contributed by atoms with Gasteiger partial charge >= 0.3 is 0 Å². The zero-order valence-electron chi connectivity index (χ0n) is 24.7. The Morgan fingerprint density at radius 2 is 0.957 bits per heavy atom. The molecule has 0 fully saturated rings. The van der Waals surface area contributed by atoms with Crippen LogP contribution < -0.4 is 0 Å². The third-order valence-electron chi connectivity index (χ3n) is 9.28. The molecule has 3 heteroatoms. The number of thiophene rings is 2. The molecule has 3 heterocycles. The molecule has 0 atom stereocenters. The molecular weight excluding hydrogens is 595 g/mol. The molecule has 0 spiro atoms. The molecule has 1 nitrogen and oxygen atoms in total. The molecule has 3 aromatic heterocycles. The molecule has 10 aromatic rings. The van der Waals surface area contributed by atoms with Crippen molar-refractivity contribution >= 4 is 84.6 Å². The highest BCUT2D eigenvalue weighted by Crippen LogP contribution is 2.46. The lowest BCUT2D eigenvalue weighted by Crippen LogP contribution is -1.86. The summed E-state index contributed by atoms with van der Waals surface area (Å²) >= 11 is 3.84. The number of rotatable bonds is 3. The number of hydrogen-bond donors (Lipinski definition) is 0. The largest absolute Gasteiger partial charge is 0.256 e. The Hall–Kier alpha value is -5.35. The van der Waals surface area contributed by atoms with Gasteiger partial charge in [-0.2, -0.15) is 0 Å². The summed E-state index contributed by atoms with van der Waals surface area (Å²) in [4.78, 5) is 4.91. The summed E-state index contributed by atoms with van der Waals surface area (Å²) in [6.07, 6.45) is 2.00. The van der Waals surface area contributed by atoms with Crippen molar-refractivity contribution in [3.63, 3.8) is 0 Å². The van der Waals surface area contributed by atoms with Crippen LogP contribution in [-0.2, 0) is 0 Å². The van der Waals surface area contributed by atoms with Crippen LogP contribution in [0.15, 0.2) is 152 Å². The van der Waals surface area contributed by atoms with Crippen LogP contribution in [-0.4, -0.2) is 4.98 Å². The molecule has 214 valence electrons. The Morgan fingerprint density at radius 3 is 1.70 bits per heavy atom. The fraction of sp³-hybridized carbons (Fsp3) is 0. The zero-order chi connectivity index (χ0) is 30.2. The van der Waals surface area contributed by atoms with Gasteiger partial charge in [0, 0.05) is 37.5 Å². The van der Waals surface area contributed by atoms with E-state index in [0.717, 1.165) is 16.8 Å². The molecule has 10 rings (SSSR count). The van der Waals surface area contributed by atoms with Gasteiger partial charge in [-0.15, -0.1) is 22.7 Å². The number of pyridine rings is 1. The highest BCUT2D eigenvalue weighted by atomic mass is 32.1. The molecule has 0 unspecified atom stereocenters. The van der Waals surface area contributed by atoms with Crippen molar-refractivity contribution in [3.05, 3.63) is 152 Å². The normalized spacial score (nSPS) is 11.9. The molecule has 0 aliphatic heterocycles. The van der Waals surface area contributed by atoms with Crippen molar-refractivity contribution in [1.29, 1.82) is 0 Å². The third-order valence-corrected chi connectivity index (χ3v) is 11.8. The molecule has 0 radical (unpaired) electrons. The molecule has 0 N–H and O–H groups in total.